The molecule has 2 rings (SSSR count). The highest BCUT2D eigenvalue weighted by molar-refractivity contribution is 5.88. The van der Waals surface area contributed by atoms with Crippen molar-refractivity contribution in [1.82, 2.24) is 4.98 Å². The van der Waals surface area contributed by atoms with Gasteiger partial charge in [0.2, 0.25) is 0 Å². The Hall–Kier alpha value is -2.27. The van der Waals surface area contributed by atoms with Gasteiger partial charge in [-0.25, -0.2) is 0 Å². The van der Waals surface area contributed by atoms with Gasteiger partial charge in [-0.05, 0) is 18.1 Å². The molecule has 0 atom stereocenters. The predicted octanol–water partition coefficient (Wildman–Crippen LogP) is 3.75. The lowest BCUT2D eigenvalue weighted by Crippen LogP contribution is -2.03. The molecular weight excluding hydrogens is 294 g/mol. The number of pyridine rings is 1. The van der Waals surface area contributed by atoms with Crippen LogP contribution in [0.4, 0.5) is 0 Å². The first-order valence-corrected chi connectivity index (χ1v) is 7.62. The van der Waals surface area contributed by atoms with Gasteiger partial charge in [-0.1, -0.05) is 13.5 Å². The van der Waals surface area contributed by atoms with Crippen molar-refractivity contribution in [2.24, 2.45) is 0 Å². The molecule has 5 nitrogen and oxygen atoms in total. The van der Waals surface area contributed by atoms with Gasteiger partial charge in [0.05, 0.1) is 19.2 Å². The first-order chi connectivity index (χ1) is 11.1. The van der Waals surface area contributed by atoms with E-state index in [2.05, 4.69) is 11.6 Å². The van der Waals surface area contributed by atoms with Crippen molar-refractivity contribution in [2.75, 3.05) is 27.4 Å². The molecule has 1 aromatic carbocycles. The second-order valence-electron chi connectivity index (χ2n) is 5.17. The summed E-state index contributed by atoms with van der Waals surface area (Å²) in [5, 5.41) is 10.7. The van der Waals surface area contributed by atoms with E-state index in [0.717, 1.165) is 29.3 Å². The molecule has 1 N–H and O–H groups in total. The largest absolute Gasteiger partial charge is 0.508 e. The maximum absolute atomic E-state index is 9.74. The standard InChI is InChI=1S/C18H23NO4/c1-5-13-14-9-17(22-4)18(23-8-6-7-21-3)10-16(14)19-11-15(13)12(2)20/h9-11,20H,2,5-8H2,1,3-4H3. The highest BCUT2D eigenvalue weighted by atomic mass is 16.5. The van der Waals surface area contributed by atoms with Crippen LogP contribution in [0.1, 0.15) is 24.5 Å². The second kappa shape index (κ2) is 7.83. The van der Waals surface area contributed by atoms with Gasteiger partial charge in [-0.15, -0.1) is 0 Å². The molecule has 0 aliphatic carbocycles. The van der Waals surface area contributed by atoms with E-state index >= 15 is 0 Å². The van der Waals surface area contributed by atoms with E-state index in [1.165, 1.54) is 0 Å². The van der Waals surface area contributed by atoms with Crippen molar-refractivity contribution in [3.63, 3.8) is 0 Å². The molecule has 0 aliphatic rings. The molecule has 1 heterocycles. The molecule has 0 saturated heterocycles. The maximum Gasteiger partial charge on any atom is 0.163 e. The van der Waals surface area contributed by atoms with Gasteiger partial charge in [-0.3, -0.25) is 4.98 Å². The quantitative estimate of drug-likeness (QED) is 0.593. The van der Waals surface area contributed by atoms with E-state index in [1.54, 1.807) is 20.4 Å². The Kier molecular flexibility index (Phi) is 5.82. The summed E-state index contributed by atoms with van der Waals surface area (Å²) in [7, 11) is 3.27. The maximum atomic E-state index is 9.74. The summed E-state index contributed by atoms with van der Waals surface area (Å²) in [4.78, 5) is 4.41. The number of fused-ring (bicyclic) bond motifs is 1. The Morgan fingerprint density at radius 2 is 2.00 bits per heavy atom. The smallest absolute Gasteiger partial charge is 0.163 e. The van der Waals surface area contributed by atoms with Gasteiger partial charge >= 0.3 is 0 Å². The third kappa shape index (κ3) is 3.74. The molecule has 23 heavy (non-hydrogen) atoms. The molecular formula is C18H23NO4. The Morgan fingerprint density at radius 1 is 1.22 bits per heavy atom. The first kappa shape index (κ1) is 17.1. The van der Waals surface area contributed by atoms with Gasteiger partial charge in [0.15, 0.2) is 11.5 Å². The summed E-state index contributed by atoms with van der Waals surface area (Å²) >= 11 is 0. The van der Waals surface area contributed by atoms with Crippen molar-refractivity contribution in [1.29, 1.82) is 0 Å². The number of aliphatic hydroxyl groups is 1. The van der Waals surface area contributed by atoms with Crippen LogP contribution in [0.3, 0.4) is 0 Å². The first-order valence-electron chi connectivity index (χ1n) is 7.62. The lowest BCUT2D eigenvalue weighted by molar-refractivity contribution is 0.170. The molecule has 5 heteroatoms. The Bertz CT molecular complexity index is 697. The van der Waals surface area contributed by atoms with Crippen LogP contribution in [-0.4, -0.2) is 37.5 Å². The summed E-state index contributed by atoms with van der Waals surface area (Å²) in [6.45, 7) is 6.83. The van der Waals surface area contributed by atoms with Gasteiger partial charge < -0.3 is 19.3 Å². The lowest BCUT2D eigenvalue weighted by Gasteiger charge is -2.15. The highest BCUT2D eigenvalue weighted by Gasteiger charge is 2.14. The van der Waals surface area contributed by atoms with Gasteiger partial charge in [0.25, 0.3) is 0 Å². The summed E-state index contributed by atoms with van der Waals surface area (Å²) in [6, 6.07) is 3.77. The van der Waals surface area contributed by atoms with Crippen molar-refractivity contribution >= 4 is 16.7 Å². The van der Waals surface area contributed by atoms with Crippen LogP contribution >= 0.6 is 0 Å². The minimum atomic E-state index is 0.0232. The zero-order valence-corrected chi connectivity index (χ0v) is 13.9. The van der Waals surface area contributed by atoms with E-state index in [1.807, 2.05) is 19.1 Å². The number of nitrogens with zero attached hydrogens (tertiary/aromatic N) is 1. The Balaban J connectivity index is 2.44. The lowest BCUT2D eigenvalue weighted by atomic mass is 10.00. The van der Waals surface area contributed by atoms with Crippen LogP contribution < -0.4 is 9.47 Å². The fourth-order valence-electron chi connectivity index (χ4n) is 2.54. The zero-order valence-electron chi connectivity index (χ0n) is 13.9. The van der Waals surface area contributed by atoms with Crippen LogP contribution in [0.2, 0.25) is 0 Å². The molecule has 0 saturated carbocycles. The number of benzene rings is 1. The zero-order chi connectivity index (χ0) is 16.8. The Labute approximate surface area is 136 Å². The fourth-order valence-corrected chi connectivity index (χ4v) is 2.54. The molecule has 0 aliphatic heterocycles. The van der Waals surface area contributed by atoms with E-state index in [9.17, 15) is 5.11 Å². The van der Waals surface area contributed by atoms with Crippen LogP contribution in [0.15, 0.2) is 24.9 Å². The molecule has 0 unspecified atom stereocenters. The number of aryl methyl sites for hydroxylation is 1. The van der Waals surface area contributed by atoms with Crippen molar-refractivity contribution in [2.45, 2.75) is 19.8 Å². The number of aliphatic hydroxyl groups excluding tert-OH is 1. The van der Waals surface area contributed by atoms with E-state index in [-0.39, 0.29) is 5.76 Å². The third-order valence-electron chi connectivity index (χ3n) is 3.68. The molecule has 0 bridgehead atoms. The van der Waals surface area contributed by atoms with Crippen molar-refractivity contribution < 1.29 is 19.3 Å². The molecule has 124 valence electrons. The van der Waals surface area contributed by atoms with E-state index in [4.69, 9.17) is 14.2 Å². The summed E-state index contributed by atoms with van der Waals surface area (Å²) in [5.41, 5.74) is 2.46. The Morgan fingerprint density at radius 3 is 2.61 bits per heavy atom. The second-order valence-corrected chi connectivity index (χ2v) is 5.17. The monoisotopic (exact) mass is 317 g/mol. The fraction of sp³-hybridized carbons (Fsp3) is 0.389. The number of hydrogen-bond acceptors (Lipinski definition) is 5. The number of rotatable bonds is 8. The normalized spacial score (nSPS) is 10.7. The van der Waals surface area contributed by atoms with Gasteiger partial charge in [-0.2, -0.15) is 0 Å². The highest BCUT2D eigenvalue weighted by Crippen LogP contribution is 2.35. The average molecular weight is 317 g/mol. The van der Waals surface area contributed by atoms with Crippen molar-refractivity contribution in [3.8, 4) is 11.5 Å². The van der Waals surface area contributed by atoms with Gasteiger partial charge in [0, 0.05) is 43.4 Å². The number of aromatic nitrogens is 1. The minimum Gasteiger partial charge on any atom is -0.508 e. The SMILES string of the molecule is C=C(O)c1cnc2cc(OCCCOC)c(OC)cc2c1CC. The topological polar surface area (TPSA) is 60.8 Å². The summed E-state index contributed by atoms with van der Waals surface area (Å²) in [5.74, 6) is 1.32. The van der Waals surface area contributed by atoms with Gasteiger partial charge in [0.1, 0.15) is 5.76 Å². The molecule has 0 amide bonds. The predicted molar refractivity (Wildman–Crippen MR) is 91.3 cm³/mol. The van der Waals surface area contributed by atoms with Crippen LogP contribution in [0.5, 0.6) is 11.5 Å². The van der Waals surface area contributed by atoms with E-state index < -0.39 is 0 Å². The number of ether oxygens (including phenoxy) is 3. The molecule has 2 aromatic rings. The van der Waals surface area contributed by atoms with Crippen LogP contribution in [0, 0.1) is 0 Å². The molecule has 1 aromatic heterocycles. The minimum absolute atomic E-state index is 0.0232. The molecule has 0 fully saturated rings. The molecule has 0 spiro atoms. The van der Waals surface area contributed by atoms with Crippen molar-refractivity contribution in [3.05, 3.63) is 36.0 Å². The van der Waals surface area contributed by atoms with E-state index in [0.29, 0.717) is 30.3 Å². The summed E-state index contributed by atoms with van der Waals surface area (Å²) in [6.07, 6.45) is 3.20. The third-order valence-corrected chi connectivity index (χ3v) is 3.68. The average Bonchev–Trinajstić information content (AvgIpc) is 2.56. The number of hydrogen-bond donors (Lipinski definition) is 1. The van der Waals surface area contributed by atoms with Crippen LogP contribution in [0.25, 0.3) is 16.7 Å². The van der Waals surface area contributed by atoms with Crippen LogP contribution in [-0.2, 0) is 11.2 Å². The summed E-state index contributed by atoms with van der Waals surface area (Å²) < 4.78 is 16.2. The number of methoxy groups -OCH3 is 2. The molecule has 0 radical (unpaired) electrons.